The lowest BCUT2D eigenvalue weighted by molar-refractivity contribution is 0.101. The van der Waals surface area contributed by atoms with Gasteiger partial charge in [0.25, 0.3) is 10.0 Å². The number of aromatic nitrogens is 2. The summed E-state index contributed by atoms with van der Waals surface area (Å²) in [6.45, 7) is 1.39. The van der Waals surface area contributed by atoms with Crippen molar-refractivity contribution in [2.45, 2.75) is 11.8 Å². The van der Waals surface area contributed by atoms with Crippen LogP contribution in [0, 0.1) is 0 Å². The summed E-state index contributed by atoms with van der Waals surface area (Å²) in [7, 11) is -2.02. The van der Waals surface area contributed by atoms with Crippen LogP contribution >= 0.6 is 0 Å². The number of nitrogens with zero attached hydrogens (tertiary/aromatic N) is 2. The molecule has 2 aromatic rings. The first kappa shape index (κ1) is 13.3. The van der Waals surface area contributed by atoms with Gasteiger partial charge in [-0.3, -0.25) is 14.2 Å². The van der Waals surface area contributed by atoms with E-state index in [9.17, 15) is 13.2 Å². The third-order valence-electron chi connectivity index (χ3n) is 2.51. The molecule has 0 fully saturated rings. The Kier molecular flexibility index (Phi) is 3.39. The number of hydrogen-bond donors (Lipinski definition) is 1. The van der Waals surface area contributed by atoms with Crippen molar-refractivity contribution in [3.8, 4) is 0 Å². The Labute approximate surface area is 111 Å². The van der Waals surface area contributed by atoms with Crippen LogP contribution < -0.4 is 4.72 Å². The normalized spacial score (nSPS) is 11.3. The quantitative estimate of drug-likeness (QED) is 0.858. The summed E-state index contributed by atoms with van der Waals surface area (Å²) in [4.78, 5) is 11.3. The molecule has 0 aliphatic rings. The van der Waals surface area contributed by atoms with E-state index in [2.05, 4.69) is 9.82 Å². The molecule has 1 heterocycles. The van der Waals surface area contributed by atoms with Crippen molar-refractivity contribution in [3.63, 3.8) is 0 Å². The van der Waals surface area contributed by atoms with E-state index >= 15 is 0 Å². The Bertz CT molecular complexity index is 719. The maximum absolute atomic E-state index is 12.1. The molecule has 0 radical (unpaired) electrons. The van der Waals surface area contributed by atoms with Gasteiger partial charge in [-0.25, -0.2) is 8.42 Å². The minimum atomic E-state index is -3.71. The second-order valence-electron chi connectivity index (χ2n) is 4.09. The highest BCUT2D eigenvalue weighted by molar-refractivity contribution is 7.92. The fraction of sp³-hybridized carbons (Fsp3) is 0.167. The van der Waals surface area contributed by atoms with Gasteiger partial charge < -0.3 is 0 Å². The highest BCUT2D eigenvalue weighted by Gasteiger charge is 2.16. The number of aryl methyl sites for hydroxylation is 1. The first-order valence-corrected chi connectivity index (χ1v) is 6.99. The lowest BCUT2D eigenvalue weighted by Gasteiger charge is -2.06. The molecule has 1 aromatic heterocycles. The second-order valence-corrected chi connectivity index (χ2v) is 5.77. The molecule has 0 amide bonds. The molecule has 0 saturated heterocycles. The zero-order valence-electron chi connectivity index (χ0n) is 10.5. The fourth-order valence-corrected chi connectivity index (χ4v) is 2.64. The van der Waals surface area contributed by atoms with Crippen molar-refractivity contribution >= 4 is 21.5 Å². The largest absolute Gasteiger partial charge is 0.295 e. The molecule has 0 saturated carbocycles. The number of ketones is 1. The van der Waals surface area contributed by atoms with Gasteiger partial charge in [0.1, 0.15) is 0 Å². The molecule has 0 bridgehead atoms. The van der Waals surface area contributed by atoms with Crippen LogP contribution in [-0.2, 0) is 17.1 Å². The number of Topliss-reactive ketones (excluding diaryl/α,β-unsaturated/α-hetero) is 1. The Morgan fingerprint density at radius 3 is 2.68 bits per heavy atom. The minimum absolute atomic E-state index is 0.0454. The lowest BCUT2D eigenvalue weighted by Crippen LogP contribution is -2.13. The molecule has 1 aromatic carbocycles. The summed E-state index contributed by atoms with van der Waals surface area (Å²) in [5.74, 6) is -0.182. The number of carbonyl (C=O) groups is 1. The molecule has 0 spiro atoms. The maximum Gasteiger partial charge on any atom is 0.262 e. The Hall–Kier alpha value is -2.15. The third kappa shape index (κ3) is 3.00. The maximum atomic E-state index is 12.1. The number of hydrogen-bond acceptors (Lipinski definition) is 4. The van der Waals surface area contributed by atoms with Gasteiger partial charge in [0.15, 0.2) is 5.78 Å². The van der Waals surface area contributed by atoms with Crippen LogP contribution in [0.1, 0.15) is 17.3 Å². The van der Waals surface area contributed by atoms with E-state index in [-0.39, 0.29) is 10.7 Å². The molecule has 0 aliphatic heterocycles. The van der Waals surface area contributed by atoms with Crippen LogP contribution in [0.3, 0.4) is 0 Å². The summed E-state index contributed by atoms with van der Waals surface area (Å²) in [6.07, 6.45) is 2.96. The monoisotopic (exact) mass is 279 g/mol. The topological polar surface area (TPSA) is 81.1 Å². The summed E-state index contributed by atoms with van der Waals surface area (Å²) in [5, 5.41) is 3.88. The third-order valence-corrected chi connectivity index (χ3v) is 3.89. The van der Waals surface area contributed by atoms with Gasteiger partial charge >= 0.3 is 0 Å². The van der Waals surface area contributed by atoms with E-state index in [0.29, 0.717) is 11.3 Å². The van der Waals surface area contributed by atoms with E-state index in [1.54, 1.807) is 19.3 Å². The van der Waals surface area contributed by atoms with Gasteiger partial charge in [0.05, 0.1) is 16.8 Å². The van der Waals surface area contributed by atoms with E-state index in [1.165, 1.54) is 36.0 Å². The first-order valence-electron chi connectivity index (χ1n) is 5.51. The molecular formula is C12H13N3O3S. The Balaban J connectivity index is 2.34. The van der Waals surface area contributed by atoms with E-state index in [1.807, 2.05) is 0 Å². The van der Waals surface area contributed by atoms with Crippen molar-refractivity contribution in [2.75, 3.05) is 4.72 Å². The van der Waals surface area contributed by atoms with Crippen molar-refractivity contribution in [1.82, 2.24) is 9.78 Å². The fourth-order valence-electron chi connectivity index (χ4n) is 1.57. The average molecular weight is 279 g/mol. The van der Waals surface area contributed by atoms with Crippen molar-refractivity contribution < 1.29 is 13.2 Å². The van der Waals surface area contributed by atoms with Crippen molar-refractivity contribution in [2.24, 2.45) is 7.05 Å². The summed E-state index contributed by atoms with van der Waals surface area (Å²) in [6, 6.07) is 5.89. The molecule has 19 heavy (non-hydrogen) atoms. The number of sulfonamides is 1. The van der Waals surface area contributed by atoms with Gasteiger partial charge in [-0.15, -0.1) is 0 Å². The highest BCUT2D eigenvalue weighted by atomic mass is 32.2. The summed E-state index contributed by atoms with van der Waals surface area (Å²) < 4.78 is 28.1. The van der Waals surface area contributed by atoms with Crippen molar-refractivity contribution in [3.05, 3.63) is 42.2 Å². The molecule has 7 heteroatoms. The lowest BCUT2D eigenvalue weighted by atomic mass is 10.2. The molecule has 0 unspecified atom stereocenters. The minimum Gasteiger partial charge on any atom is -0.295 e. The Morgan fingerprint density at radius 2 is 2.11 bits per heavy atom. The molecule has 0 atom stereocenters. The standard InChI is InChI=1S/C12H13N3O3S/c1-9(16)10-4-3-5-12(6-10)19(17,18)14-11-7-13-15(2)8-11/h3-8,14H,1-2H3. The van der Waals surface area contributed by atoms with Gasteiger partial charge in [0, 0.05) is 18.8 Å². The molecule has 0 aliphatic carbocycles. The van der Waals surface area contributed by atoms with Crippen LogP contribution in [0.4, 0.5) is 5.69 Å². The Morgan fingerprint density at radius 1 is 1.37 bits per heavy atom. The average Bonchev–Trinajstić information content (AvgIpc) is 2.74. The number of nitrogens with one attached hydrogen (secondary N) is 1. The van der Waals surface area contributed by atoms with Gasteiger partial charge in [-0.1, -0.05) is 12.1 Å². The highest BCUT2D eigenvalue weighted by Crippen LogP contribution is 2.16. The van der Waals surface area contributed by atoms with Gasteiger partial charge in [-0.2, -0.15) is 5.10 Å². The van der Waals surface area contributed by atoms with Crippen LogP contribution in [0.15, 0.2) is 41.6 Å². The van der Waals surface area contributed by atoms with Crippen LogP contribution in [-0.4, -0.2) is 24.0 Å². The molecule has 100 valence electrons. The first-order chi connectivity index (χ1) is 8.88. The van der Waals surface area contributed by atoms with E-state index in [4.69, 9.17) is 0 Å². The summed E-state index contributed by atoms with van der Waals surface area (Å²) in [5.41, 5.74) is 0.727. The van der Waals surface area contributed by atoms with Gasteiger partial charge in [0.2, 0.25) is 0 Å². The smallest absolute Gasteiger partial charge is 0.262 e. The number of benzene rings is 1. The molecule has 6 nitrogen and oxygen atoms in total. The number of rotatable bonds is 4. The van der Waals surface area contributed by atoms with Crippen LogP contribution in [0.25, 0.3) is 0 Å². The van der Waals surface area contributed by atoms with Crippen LogP contribution in [0.2, 0.25) is 0 Å². The van der Waals surface area contributed by atoms with Crippen molar-refractivity contribution in [1.29, 1.82) is 0 Å². The predicted molar refractivity (Wildman–Crippen MR) is 70.5 cm³/mol. The van der Waals surface area contributed by atoms with Crippen LogP contribution in [0.5, 0.6) is 0 Å². The predicted octanol–water partition coefficient (Wildman–Crippen LogP) is 1.42. The second kappa shape index (κ2) is 4.85. The zero-order valence-corrected chi connectivity index (χ0v) is 11.3. The molecule has 2 rings (SSSR count). The summed E-state index contributed by atoms with van der Waals surface area (Å²) >= 11 is 0. The number of anilines is 1. The SMILES string of the molecule is CC(=O)c1cccc(S(=O)(=O)Nc2cnn(C)c2)c1. The van der Waals surface area contributed by atoms with E-state index in [0.717, 1.165) is 0 Å². The number of carbonyl (C=O) groups excluding carboxylic acids is 1. The molecule has 1 N–H and O–H groups in total. The molecular weight excluding hydrogens is 266 g/mol. The van der Waals surface area contributed by atoms with Gasteiger partial charge in [-0.05, 0) is 19.1 Å². The zero-order chi connectivity index (χ0) is 14.0. The van der Waals surface area contributed by atoms with E-state index < -0.39 is 10.0 Å².